The van der Waals surface area contributed by atoms with Crippen molar-refractivity contribution in [2.45, 2.75) is 20.8 Å². The standard InChI is InChI=1S/C11H11NO4.C2H6/c1-8(6-11(13)16-2)9-4-3-5-10(7-9)12(14)15;1-2/h3-7H,1-2H3;1-2H3/b8-6+;. The van der Waals surface area contributed by atoms with Gasteiger partial charge in [-0.1, -0.05) is 26.0 Å². The van der Waals surface area contributed by atoms with Crippen LogP contribution >= 0.6 is 0 Å². The Kier molecular flexibility index (Phi) is 7.04. The van der Waals surface area contributed by atoms with E-state index in [1.54, 1.807) is 19.1 Å². The Balaban J connectivity index is 0.00000137. The highest BCUT2D eigenvalue weighted by molar-refractivity contribution is 5.90. The molecule has 0 bridgehead atoms. The fourth-order valence-corrected chi connectivity index (χ4v) is 1.18. The van der Waals surface area contributed by atoms with Crippen LogP contribution in [-0.4, -0.2) is 18.0 Å². The lowest BCUT2D eigenvalue weighted by atomic mass is 10.1. The summed E-state index contributed by atoms with van der Waals surface area (Å²) in [7, 11) is 1.28. The highest BCUT2D eigenvalue weighted by atomic mass is 16.6. The number of nitro benzene ring substituents is 1. The predicted molar refractivity (Wildman–Crippen MR) is 70.1 cm³/mol. The second kappa shape index (κ2) is 8.00. The zero-order valence-electron chi connectivity index (χ0n) is 11.0. The number of allylic oxidation sites excluding steroid dienone is 1. The van der Waals surface area contributed by atoms with E-state index in [0.717, 1.165) is 0 Å². The second-order valence-electron chi connectivity index (χ2n) is 3.16. The molecular formula is C13H17NO4. The summed E-state index contributed by atoms with van der Waals surface area (Å²) in [4.78, 5) is 21.1. The molecule has 0 unspecified atom stereocenters. The van der Waals surface area contributed by atoms with Crippen LogP contribution in [0.15, 0.2) is 30.3 Å². The van der Waals surface area contributed by atoms with Gasteiger partial charge in [-0.2, -0.15) is 0 Å². The molecule has 0 aliphatic carbocycles. The number of non-ortho nitro benzene ring substituents is 1. The summed E-state index contributed by atoms with van der Waals surface area (Å²) >= 11 is 0. The van der Waals surface area contributed by atoms with Crippen molar-refractivity contribution in [3.05, 3.63) is 46.0 Å². The minimum atomic E-state index is -0.482. The Morgan fingerprint density at radius 1 is 1.39 bits per heavy atom. The van der Waals surface area contributed by atoms with Crippen molar-refractivity contribution >= 4 is 17.2 Å². The normalized spacial score (nSPS) is 10.1. The minimum Gasteiger partial charge on any atom is -0.466 e. The molecule has 1 rings (SSSR count). The Hall–Kier alpha value is -2.17. The van der Waals surface area contributed by atoms with Crippen molar-refractivity contribution in [1.82, 2.24) is 0 Å². The zero-order chi connectivity index (χ0) is 14.1. The monoisotopic (exact) mass is 251 g/mol. The molecule has 0 fully saturated rings. The number of hydrogen-bond donors (Lipinski definition) is 0. The number of rotatable bonds is 3. The third-order valence-corrected chi connectivity index (χ3v) is 2.05. The van der Waals surface area contributed by atoms with Crippen LogP contribution in [0.25, 0.3) is 5.57 Å². The van der Waals surface area contributed by atoms with E-state index in [4.69, 9.17) is 0 Å². The SMILES string of the molecule is CC.COC(=O)/C=C(\C)c1cccc([N+](=O)[O-])c1. The molecule has 0 aliphatic heterocycles. The number of ether oxygens (including phenoxy) is 1. The van der Waals surface area contributed by atoms with Gasteiger partial charge in [-0.05, 0) is 18.1 Å². The van der Waals surface area contributed by atoms with Crippen LogP contribution in [-0.2, 0) is 9.53 Å². The first-order chi connectivity index (χ1) is 8.54. The van der Waals surface area contributed by atoms with E-state index in [-0.39, 0.29) is 5.69 Å². The maximum Gasteiger partial charge on any atom is 0.330 e. The highest BCUT2D eigenvalue weighted by Crippen LogP contribution is 2.19. The Morgan fingerprint density at radius 2 is 2.00 bits per heavy atom. The maximum atomic E-state index is 11.0. The van der Waals surface area contributed by atoms with E-state index in [1.165, 1.54) is 25.3 Å². The van der Waals surface area contributed by atoms with E-state index in [9.17, 15) is 14.9 Å². The van der Waals surface area contributed by atoms with Gasteiger partial charge in [-0.3, -0.25) is 10.1 Å². The van der Waals surface area contributed by atoms with Crippen molar-refractivity contribution in [1.29, 1.82) is 0 Å². The topological polar surface area (TPSA) is 69.4 Å². The lowest BCUT2D eigenvalue weighted by Gasteiger charge is -2.00. The summed E-state index contributed by atoms with van der Waals surface area (Å²) < 4.78 is 4.47. The molecule has 0 N–H and O–H groups in total. The number of nitrogens with zero attached hydrogens (tertiary/aromatic N) is 1. The van der Waals surface area contributed by atoms with E-state index in [0.29, 0.717) is 11.1 Å². The zero-order valence-corrected chi connectivity index (χ0v) is 11.0. The molecule has 0 spiro atoms. The quantitative estimate of drug-likeness (QED) is 0.358. The van der Waals surface area contributed by atoms with Crippen LogP contribution in [0.2, 0.25) is 0 Å². The van der Waals surface area contributed by atoms with Crippen molar-refractivity contribution in [3.8, 4) is 0 Å². The van der Waals surface area contributed by atoms with Crippen LogP contribution in [0, 0.1) is 10.1 Å². The molecule has 98 valence electrons. The van der Waals surface area contributed by atoms with Gasteiger partial charge in [0.1, 0.15) is 0 Å². The molecule has 0 amide bonds. The lowest BCUT2D eigenvalue weighted by Crippen LogP contribution is -1.96. The first-order valence-corrected chi connectivity index (χ1v) is 5.55. The third kappa shape index (κ3) is 4.78. The lowest BCUT2D eigenvalue weighted by molar-refractivity contribution is -0.384. The molecule has 0 aliphatic rings. The summed E-state index contributed by atoms with van der Waals surface area (Å²) in [6.07, 6.45) is 1.29. The van der Waals surface area contributed by atoms with Gasteiger partial charge in [0.25, 0.3) is 5.69 Å². The van der Waals surface area contributed by atoms with Crippen LogP contribution in [0.5, 0.6) is 0 Å². The molecule has 0 saturated heterocycles. The van der Waals surface area contributed by atoms with Gasteiger partial charge in [-0.15, -0.1) is 0 Å². The average molecular weight is 251 g/mol. The van der Waals surface area contributed by atoms with Crippen LogP contribution in [0.4, 0.5) is 5.69 Å². The number of benzene rings is 1. The Labute approximate surface area is 106 Å². The van der Waals surface area contributed by atoms with Gasteiger partial charge in [0.05, 0.1) is 12.0 Å². The van der Waals surface area contributed by atoms with E-state index >= 15 is 0 Å². The molecule has 1 aromatic carbocycles. The highest BCUT2D eigenvalue weighted by Gasteiger charge is 2.07. The van der Waals surface area contributed by atoms with Crippen LogP contribution in [0.3, 0.4) is 0 Å². The molecule has 0 saturated carbocycles. The smallest absolute Gasteiger partial charge is 0.330 e. The minimum absolute atomic E-state index is 0.00452. The third-order valence-electron chi connectivity index (χ3n) is 2.05. The number of nitro groups is 1. The molecule has 5 nitrogen and oxygen atoms in total. The van der Waals surface area contributed by atoms with Crippen molar-refractivity contribution in [2.75, 3.05) is 7.11 Å². The molecule has 18 heavy (non-hydrogen) atoms. The average Bonchev–Trinajstić information content (AvgIpc) is 2.40. The van der Waals surface area contributed by atoms with Gasteiger partial charge in [-0.25, -0.2) is 4.79 Å². The second-order valence-corrected chi connectivity index (χ2v) is 3.16. The summed E-state index contributed by atoms with van der Waals surface area (Å²) in [6.45, 7) is 5.69. The van der Waals surface area contributed by atoms with E-state index < -0.39 is 10.9 Å². The Bertz CT molecular complexity index is 452. The van der Waals surface area contributed by atoms with Crippen LogP contribution < -0.4 is 0 Å². The van der Waals surface area contributed by atoms with Gasteiger partial charge in [0, 0.05) is 18.2 Å². The van der Waals surface area contributed by atoms with Crippen molar-refractivity contribution in [2.24, 2.45) is 0 Å². The molecule has 0 radical (unpaired) electrons. The van der Waals surface area contributed by atoms with Crippen molar-refractivity contribution < 1.29 is 14.5 Å². The summed E-state index contributed by atoms with van der Waals surface area (Å²) in [6, 6.07) is 6.08. The van der Waals surface area contributed by atoms with E-state index in [1.807, 2.05) is 13.8 Å². The first kappa shape index (κ1) is 15.8. The Morgan fingerprint density at radius 3 is 2.50 bits per heavy atom. The first-order valence-electron chi connectivity index (χ1n) is 5.55. The number of carbonyl (C=O) groups is 1. The summed E-state index contributed by atoms with van der Waals surface area (Å²) in [5, 5.41) is 10.5. The predicted octanol–water partition coefficient (Wildman–Crippen LogP) is 3.20. The maximum absolute atomic E-state index is 11.0. The molecular weight excluding hydrogens is 234 g/mol. The fourth-order valence-electron chi connectivity index (χ4n) is 1.18. The fraction of sp³-hybridized carbons (Fsp3) is 0.308. The number of hydrogen-bond acceptors (Lipinski definition) is 4. The van der Waals surface area contributed by atoms with Crippen molar-refractivity contribution in [3.63, 3.8) is 0 Å². The molecule has 0 heterocycles. The van der Waals surface area contributed by atoms with Gasteiger partial charge in [0.15, 0.2) is 0 Å². The summed E-state index contributed by atoms with van der Waals surface area (Å²) in [5.41, 5.74) is 1.24. The number of esters is 1. The van der Waals surface area contributed by atoms with Gasteiger partial charge in [0.2, 0.25) is 0 Å². The van der Waals surface area contributed by atoms with E-state index in [2.05, 4.69) is 4.74 Å². The largest absolute Gasteiger partial charge is 0.466 e. The van der Waals surface area contributed by atoms with Gasteiger partial charge >= 0.3 is 5.97 Å². The molecule has 0 atom stereocenters. The molecule has 5 heteroatoms. The molecule has 1 aromatic rings. The number of carbonyl (C=O) groups excluding carboxylic acids is 1. The summed E-state index contributed by atoms with van der Waals surface area (Å²) in [5.74, 6) is -0.482. The molecule has 0 aromatic heterocycles. The van der Waals surface area contributed by atoms with Gasteiger partial charge < -0.3 is 4.74 Å². The number of methoxy groups -OCH3 is 1. The van der Waals surface area contributed by atoms with Crippen LogP contribution in [0.1, 0.15) is 26.3 Å².